The number of aromatic nitrogens is 1. The average molecular weight is 429 g/mol. The molecule has 0 aliphatic heterocycles. The molecule has 1 atom stereocenters. The van der Waals surface area contributed by atoms with Crippen LogP contribution >= 0.6 is 0 Å². The Labute approximate surface area is 177 Å². The normalized spacial score (nSPS) is 12.3. The Bertz CT molecular complexity index is 1080. The minimum absolute atomic E-state index is 0.0423. The zero-order valence-electron chi connectivity index (χ0n) is 17.2. The Balaban J connectivity index is 1.74. The first kappa shape index (κ1) is 22.0. The molecule has 3 rings (SSSR count). The largest absolute Gasteiger partial charge is 0.465 e. The van der Waals surface area contributed by atoms with E-state index in [2.05, 4.69) is 4.74 Å². The maximum Gasteiger partial charge on any atom is 0.387 e. The van der Waals surface area contributed by atoms with Crippen molar-refractivity contribution in [3.8, 4) is 11.4 Å². The van der Waals surface area contributed by atoms with Gasteiger partial charge in [-0.1, -0.05) is 0 Å². The van der Waals surface area contributed by atoms with Crippen molar-refractivity contribution in [1.29, 1.82) is 0 Å². The summed E-state index contributed by atoms with van der Waals surface area (Å²) >= 11 is 0. The van der Waals surface area contributed by atoms with Crippen molar-refractivity contribution in [2.75, 3.05) is 0 Å². The number of Topliss-reactive ketones (excluding diaryl/α,β-unsaturated/α-hetero) is 1. The first-order chi connectivity index (χ1) is 14.8. The smallest absolute Gasteiger partial charge is 0.387 e. The van der Waals surface area contributed by atoms with Gasteiger partial charge in [0.15, 0.2) is 6.10 Å². The van der Waals surface area contributed by atoms with Gasteiger partial charge >= 0.3 is 12.6 Å². The van der Waals surface area contributed by atoms with E-state index in [1.165, 1.54) is 37.5 Å². The lowest BCUT2D eigenvalue weighted by molar-refractivity contribution is -0.140. The minimum atomic E-state index is -2.90. The van der Waals surface area contributed by atoms with Crippen molar-refractivity contribution in [2.45, 2.75) is 33.5 Å². The molecule has 0 fully saturated rings. The number of hydrogen-bond acceptors (Lipinski definition) is 5. The number of rotatable bonds is 8. The lowest BCUT2D eigenvalue weighted by Gasteiger charge is -2.13. The number of halogens is 2. The maximum atomic E-state index is 12.9. The number of carbonyl (C=O) groups is 2. The highest BCUT2D eigenvalue weighted by molar-refractivity contribution is 6.02. The third-order valence-electron chi connectivity index (χ3n) is 4.61. The number of ether oxygens (including phenoxy) is 2. The van der Waals surface area contributed by atoms with E-state index < -0.39 is 18.7 Å². The second kappa shape index (κ2) is 9.42. The number of aryl methyl sites for hydroxylation is 1. The van der Waals surface area contributed by atoms with Crippen molar-refractivity contribution >= 4 is 17.8 Å². The molecule has 0 bridgehead atoms. The molecule has 31 heavy (non-hydrogen) atoms. The van der Waals surface area contributed by atoms with E-state index in [-0.39, 0.29) is 11.5 Å². The molecule has 2 heterocycles. The van der Waals surface area contributed by atoms with E-state index in [0.717, 1.165) is 5.69 Å². The number of hydrogen-bond donors (Lipinski definition) is 0. The number of ketones is 1. The molecule has 2 aromatic heterocycles. The van der Waals surface area contributed by atoms with Gasteiger partial charge in [-0.3, -0.25) is 4.79 Å². The first-order valence-electron chi connectivity index (χ1n) is 9.47. The van der Waals surface area contributed by atoms with Gasteiger partial charge in [-0.2, -0.15) is 8.78 Å². The standard InChI is InChI=1S/C23H21F2NO5/c1-14-13-20(15(2)26(14)17-6-8-19(9-7-17)31-23(24)25)22(28)16(3)30-21(27)11-10-18-5-4-12-29-18/h4-13,16,23H,1-3H3. The lowest BCUT2D eigenvalue weighted by atomic mass is 10.1. The molecule has 0 radical (unpaired) electrons. The maximum absolute atomic E-state index is 12.9. The highest BCUT2D eigenvalue weighted by Gasteiger charge is 2.24. The fourth-order valence-corrected chi connectivity index (χ4v) is 3.21. The van der Waals surface area contributed by atoms with Crippen molar-refractivity contribution < 1.29 is 32.3 Å². The SMILES string of the molecule is Cc1cc(C(=O)C(C)OC(=O)C=Cc2ccco2)c(C)n1-c1ccc(OC(F)F)cc1. The molecule has 0 aliphatic carbocycles. The first-order valence-corrected chi connectivity index (χ1v) is 9.47. The van der Waals surface area contributed by atoms with E-state index in [9.17, 15) is 18.4 Å². The summed E-state index contributed by atoms with van der Waals surface area (Å²) in [5, 5.41) is 0. The quantitative estimate of drug-likeness (QED) is 0.283. The fourth-order valence-electron chi connectivity index (χ4n) is 3.21. The molecule has 6 nitrogen and oxygen atoms in total. The van der Waals surface area contributed by atoms with Crippen LogP contribution in [0.3, 0.4) is 0 Å². The van der Waals surface area contributed by atoms with Crippen molar-refractivity contribution in [2.24, 2.45) is 0 Å². The zero-order valence-corrected chi connectivity index (χ0v) is 17.2. The molecule has 1 unspecified atom stereocenters. The van der Waals surface area contributed by atoms with Crippen molar-refractivity contribution in [1.82, 2.24) is 4.57 Å². The molecule has 0 saturated carbocycles. The van der Waals surface area contributed by atoms with Crippen LogP contribution in [0.25, 0.3) is 11.8 Å². The van der Waals surface area contributed by atoms with Crippen LogP contribution in [0.15, 0.2) is 59.2 Å². The van der Waals surface area contributed by atoms with Crippen molar-refractivity contribution in [3.05, 3.63) is 77.5 Å². The molecule has 8 heteroatoms. The number of alkyl halides is 2. The molecule has 0 aliphatic rings. The van der Waals surface area contributed by atoms with Crippen molar-refractivity contribution in [3.63, 3.8) is 0 Å². The summed E-state index contributed by atoms with van der Waals surface area (Å²) in [4.78, 5) is 24.9. The molecule has 0 N–H and O–H groups in total. The van der Waals surface area contributed by atoms with Gasteiger partial charge in [0.05, 0.1) is 6.26 Å². The van der Waals surface area contributed by atoms with Gasteiger partial charge in [0.2, 0.25) is 5.78 Å². The molecule has 162 valence electrons. The summed E-state index contributed by atoms with van der Waals surface area (Å²) < 4.78 is 41.2. The van der Waals surface area contributed by atoms with E-state index in [1.807, 2.05) is 11.5 Å². The Morgan fingerprint density at radius 2 is 1.84 bits per heavy atom. The highest BCUT2D eigenvalue weighted by Crippen LogP contribution is 2.24. The number of nitrogens with zero attached hydrogens (tertiary/aromatic N) is 1. The van der Waals surface area contributed by atoms with Gasteiger partial charge in [-0.15, -0.1) is 0 Å². The topological polar surface area (TPSA) is 70.7 Å². The molecule has 1 aromatic carbocycles. The Morgan fingerprint density at radius 1 is 1.13 bits per heavy atom. The zero-order chi connectivity index (χ0) is 22.5. The molecule has 0 saturated heterocycles. The lowest BCUT2D eigenvalue weighted by Crippen LogP contribution is -2.24. The average Bonchev–Trinajstić information content (AvgIpc) is 3.34. The number of furan rings is 1. The van der Waals surface area contributed by atoms with E-state index in [0.29, 0.717) is 22.7 Å². The van der Waals surface area contributed by atoms with Crippen LogP contribution in [0.1, 0.15) is 34.4 Å². The predicted octanol–water partition coefficient (Wildman–Crippen LogP) is 5.12. The third-order valence-corrected chi connectivity index (χ3v) is 4.61. The van der Waals surface area contributed by atoms with Crippen LogP contribution in [-0.2, 0) is 9.53 Å². The third kappa shape index (κ3) is 5.28. The van der Waals surface area contributed by atoms with E-state index in [1.54, 1.807) is 37.3 Å². The van der Waals surface area contributed by atoms with Gasteiger partial charge < -0.3 is 18.5 Å². The van der Waals surface area contributed by atoms with E-state index >= 15 is 0 Å². The molecular weight excluding hydrogens is 408 g/mol. The number of benzene rings is 1. The number of esters is 1. The number of carbonyl (C=O) groups excluding carboxylic acids is 2. The summed E-state index contributed by atoms with van der Waals surface area (Å²) in [6.07, 6.45) is 3.12. The molecular formula is C23H21F2NO5. The van der Waals surface area contributed by atoms with Gasteiger partial charge in [0, 0.05) is 28.7 Å². The van der Waals surface area contributed by atoms with Gasteiger partial charge in [-0.05, 0) is 69.3 Å². The molecule has 3 aromatic rings. The van der Waals surface area contributed by atoms with Gasteiger partial charge in [0.1, 0.15) is 11.5 Å². The summed E-state index contributed by atoms with van der Waals surface area (Å²) in [5.41, 5.74) is 2.49. The summed E-state index contributed by atoms with van der Waals surface area (Å²) in [6, 6.07) is 11.2. The summed E-state index contributed by atoms with van der Waals surface area (Å²) in [5.74, 6) is -0.484. The second-order valence-corrected chi connectivity index (χ2v) is 6.78. The van der Waals surface area contributed by atoms with Crippen LogP contribution in [-0.4, -0.2) is 29.0 Å². The highest BCUT2D eigenvalue weighted by atomic mass is 19.3. The van der Waals surface area contributed by atoms with Crippen LogP contribution in [0, 0.1) is 13.8 Å². The van der Waals surface area contributed by atoms with E-state index in [4.69, 9.17) is 9.15 Å². The summed E-state index contributed by atoms with van der Waals surface area (Å²) in [7, 11) is 0. The predicted molar refractivity (Wildman–Crippen MR) is 110 cm³/mol. The minimum Gasteiger partial charge on any atom is -0.465 e. The van der Waals surface area contributed by atoms with Crippen LogP contribution < -0.4 is 4.74 Å². The monoisotopic (exact) mass is 429 g/mol. The second-order valence-electron chi connectivity index (χ2n) is 6.78. The Kier molecular flexibility index (Phi) is 6.69. The molecule has 0 spiro atoms. The fraction of sp³-hybridized carbons (Fsp3) is 0.217. The Hall–Kier alpha value is -3.68. The Morgan fingerprint density at radius 3 is 2.45 bits per heavy atom. The van der Waals surface area contributed by atoms with Crippen LogP contribution in [0.2, 0.25) is 0 Å². The van der Waals surface area contributed by atoms with Crippen LogP contribution in [0.5, 0.6) is 5.75 Å². The van der Waals surface area contributed by atoms with Gasteiger partial charge in [0.25, 0.3) is 0 Å². The van der Waals surface area contributed by atoms with Gasteiger partial charge in [-0.25, -0.2) is 4.79 Å². The van der Waals surface area contributed by atoms with Crippen LogP contribution in [0.4, 0.5) is 8.78 Å². The molecule has 0 amide bonds. The summed E-state index contributed by atoms with van der Waals surface area (Å²) in [6.45, 7) is 2.18.